The third-order valence-electron chi connectivity index (χ3n) is 6.23. The molecule has 4 heteroatoms. The Morgan fingerprint density at radius 1 is 0.839 bits per heavy atom. The highest BCUT2D eigenvalue weighted by Crippen LogP contribution is 2.43. The smallest absolute Gasteiger partial charge is 0.178 e. The maximum absolute atomic E-state index is 13.4. The molecule has 2 heterocycles. The van der Waals surface area contributed by atoms with Gasteiger partial charge in [0.1, 0.15) is 24.2 Å². The van der Waals surface area contributed by atoms with Crippen molar-refractivity contribution in [1.29, 1.82) is 0 Å². The van der Waals surface area contributed by atoms with Crippen LogP contribution in [-0.4, -0.2) is 36.9 Å². The highest BCUT2D eigenvalue weighted by Gasteiger charge is 2.39. The van der Waals surface area contributed by atoms with Crippen LogP contribution < -0.4 is 9.47 Å². The topological polar surface area (TPSA) is 38.8 Å². The van der Waals surface area contributed by atoms with E-state index >= 15 is 0 Å². The summed E-state index contributed by atoms with van der Waals surface area (Å²) in [7, 11) is 0. The molecule has 2 atom stereocenters. The highest BCUT2D eigenvalue weighted by molar-refractivity contribution is 6.04. The van der Waals surface area contributed by atoms with E-state index in [1.165, 1.54) is 25.9 Å². The highest BCUT2D eigenvalue weighted by atomic mass is 16.5. The Kier molecular flexibility index (Phi) is 5.72. The number of para-hydroxylation sites is 1. The van der Waals surface area contributed by atoms with Crippen LogP contribution in [0, 0.1) is 0 Å². The van der Waals surface area contributed by atoms with Crippen molar-refractivity contribution >= 4 is 5.78 Å². The summed E-state index contributed by atoms with van der Waals surface area (Å²) in [6.45, 7) is 4.02. The van der Waals surface area contributed by atoms with Gasteiger partial charge in [0.05, 0.1) is 11.5 Å². The number of hydrogen-bond donors (Lipinski definition) is 0. The molecule has 31 heavy (non-hydrogen) atoms. The average molecular weight is 414 g/mol. The van der Waals surface area contributed by atoms with Gasteiger partial charge >= 0.3 is 0 Å². The van der Waals surface area contributed by atoms with E-state index in [1.54, 1.807) is 0 Å². The standard InChI is InChI=1S/C27H27NO3/c29-26-23-10-4-5-11-24(23)31-27(25(26)20-8-2-1-3-9-20)21-12-14-22(15-13-21)30-19-18-28-16-6-7-17-28/h1-5,8-15,25,27H,6-7,16-19H2/t25-,27+/m1/s1. The molecule has 1 fully saturated rings. The second-order valence-electron chi connectivity index (χ2n) is 8.25. The predicted molar refractivity (Wildman–Crippen MR) is 121 cm³/mol. The zero-order valence-electron chi connectivity index (χ0n) is 17.6. The van der Waals surface area contributed by atoms with E-state index in [9.17, 15) is 4.79 Å². The van der Waals surface area contributed by atoms with E-state index in [1.807, 2.05) is 78.9 Å². The van der Waals surface area contributed by atoms with Crippen molar-refractivity contribution < 1.29 is 14.3 Å². The molecule has 4 nitrogen and oxygen atoms in total. The quantitative estimate of drug-likeness (QED) is 0.552. The van der Waals surface area contributed by atoms with Gasteiger partial charge in [-0.2, -0.15) is 0 Å². The molecule has 5 rings (SSSR count). The third kappa shape index (κ3) is 4.21. The lowest BCUT2D eigenvalue weighted by Gasteiger charge is -2.33. The molecule has 3 aromatic carbocycles. The number of benzene rings is 3. The summed E-state index contributed by atoms with van der Waals surface area (Å²) in [4.78, 5) is 15.9. The van der Waals surface area contributed by atoms with Crippen LogP contribution in [0.25, 0.3) is 0 Å². The van der Waals surface area contributed by atoms with Crippen molar-refractivity contribution in [1.82, 2.24) is 4.90 Å². The lowest BCUT2D eigenvalue weighted by Crippen LogP contribution is -2.30. The van der Waals surface area contributed by atoms with Crippen molar-refractivity contribution in [3.8, 4) is 11.5 Å². The third-order valence-corrected chi connectivity index (χ3v) is 6.23. The Hall–Kier alpha value is -3.11. The summed E-state index contributed by atoms with van der Waals surface area (Å²) in [5, 5.41) is 0. The number of carbonyl (C=O) groups excluding carboxylic acids is 1. The number of fused-ring (bicyclic) bond motifs is 1. The molecule has 158 valence electrons. The van der Waals surface area contributed by atoms with Crippen molar-refractivity contribution in [2.75, 3.05) is 26.2 Å². The Bertz CT molecular complexity index is 1030. The minimum Gasteiger partial charge on any atom is -0.492 e. The molecule has 0 aliphatic carbocycles. The van der Waals surface area contributed by atoms with Crippen LogP contribution in [0.4, 0.5) is 0 Å². The second kappa shape index (κ2) is 8.94. The minimum absolute atomic E-state index is 0.101. The molecule has 0 aromatic heterocycles. The number of ether oxygens (including phenoxy) is 2. The Morgan fingerprint density at radius 3 is 2.32 bits per heavy atom. The lowest BCUT2D eigenvalue weighted by atomic mass is 9.81. The zero-order chi connectivity index (χ0) is 21.0. The monoisotopic (exact) mass is 413 g/mol. The van der Waals surface area contributed by atoms with Gasteiger partial charge < -0.3 is 9.47 Å². The number of ketones is 1. The fourth-order valence-corrected chi connectivity index (χ4v) is 4.58. The van der Waals surface area contributed by atoms with Gasteiger partial charge in [0, 0.05) is 6.54 Å². The van der Waals surface area contributed by atoms with Gasteiger partial charge in [-0.05, 0) is 61.3 Å². The summed E-state index contributed by atoms with van der Waals surface area (Å²) in [5.41, 5.74) is 2.59. The van der Waals surface area contributed by atoms with E-state index in [4.69, 9.17) is 9.47 Å². The molecule has 0 amide bonds. The number of nitrogens with zero attached hydrogens (tertiary/aromatic N) is 1. The fraction of sp³-hybridized carbons (Fsp3) is 0.296. The van der Waals surface area contributed by atoms with E-state index in [0.29, 0.717) is 17.9 Å². The molecule has 0 unspecified atom stereocenters. The molecular weight excluding hydrogens is 386 g/mol. The van der Waals surface area contributed by atoms with Crippen molar-refractivity contribution in [3.63, 3.8) is 0 Å². The Balaban J connectivity index is 1.37. The number of likely N-dealkylation sites (tertiary alicyclic amines) is 1. The van der Waals surface area contributed by atoms with Gasteiger partial charge in [-0.3, -0.25) is 9.69 Å². The van der Waals surface area contributed by atoms with Crippen molar-refractivity contribution in [3.05, 3.63) is 95.6 Å². The van der Waals surface area contributed by atoms with Crippen LogP contribution >= 0.6 is 0 Å². The van der Waals surface area contributed by atoms with E-state index in [2.05, 4.69) is 4.90 Å². The predicted octanol–water partition coefficient (Wildman–Crippen LogP) is 5.26. The molecular formula is C27H27NO3. The van der Waals surface area contributed by atoms with Crippen molar-refractivity contribution in [2.24, 2.45) is 0 Å². The van der Waals surface area contributed by atoms with Crippen LogP contribution in [0.3, 0.4) is 0 Å². The van der Waals surface area contributed by atoms with E-state index in [0.717, 1.165) is 23.4 Å². The summed E-state index contributed by atoms with van der Waals surface area (Å²) >= 11 is 0. The van der Waals surface area contributed by atoms with Gasteiger partial charge in [-0.25, -0.2) is 0 Å². The van der Waals surface area contributed by atoms with Gasteiger partial charge in [-0.15, -0.1) is 0 Å². The first kappa shape index (κ1) is 19.8. The summed E-state index contributed by atoms with van der Waals surface area (Å²) in [6.07, 6.45) is 2.21. The first-order valence-electron chi connectivity index (χ1n) is 11.1. The van der Waals surface area contributed by atoms with Crippen molar-refractivity contribution in [2.45, 2.75) is 24.9 Å². The average Bonchev–Trinajstić information content (AvgIpc) is 3.34. The minimum atomic E-state index is -0.377. The Labute approximate surface area is 183 Å². The van der Waals surface area contributed by atoms with Crippen LogP contribution in [-0.2, 0) is 0 Å². The molecule has 0 bridgehead atoms. The first-order valence-corrected chi connectivity index (χ1v) is 11.1. The summed E-state index contributed by atoms with van der Waals surface area (Å²) < 4.78 is 12.3. The van der Waals surface area contributed by atoms with Crippen LogP contribution in [0.15, 0.2) is 78.9 Å². The largest absolute Gasteiger partial charge is 0.492 e. The maximum atomic E-state index is 13.4. The van der Waals surface area contributed by atoms with E-state index < -0.39 is 0 Å². The molecule has 0 N–H and O–H groups in total. The molecule has 3 aromatic rings. The Morgan fingerprint density at radius 2 is 1.55 bits per heavy atom. The molecule has 2 aliphatic rings. The molecule has 2 aliphatic heterocycles. The molecule has 1 saturated heterocycles. The van der Waals surface area contributed by atoms with Gasteiger partial charge in [0.25, 0.3) is 0 Å². The van der Waals surface area contributed by atoms with Crippen LogP contribution in [0.5, 0.6) is 11.5 Å². The number of rotatable bonds is 6. The van der Waals surface area contributed by atoms with Gasteiger partial charge in [-0.1, -0.05) is 54.6 Å². The summed E-state index contributed by atoms with van der Waals surface area (Å²) in [5.74, 6) is 1.22. The number of hydrogen-bond acceptors (Lipinski definition) is 4. The molecule has 0 saturated carbocycles. The maximum Gasteiger partial charge on any atom is 0.178 e. The van der Waals surface area contributed by atoms with Crippen LogP contribution in [0.1, 0.15) is 46.3 Å². The lowest BCUT2D eigenvalue weighted by molar-refractivity contribution is 0.0781. The first-order chi connectivity index (χ1) is 15.3. The number of Topliss-reactive ketones (excluding diaryl/α,β-unsaturated/α-hetero) is 1. The second-order valence-corrected chi connectivity index (χ2v) is 8.25. The van der Waals surface area contributed by atoms with E-state index in [-0.39, 0.29) is 17.8 Å². The summed E-state index contributed by atoms with van der Waals surface area (Å²) in [6, 6.07) is 25.4. The number of carbonyl (C=O) groups is 1. The SMILES string of the molecule is O=C1c2ccccc2O[C@@H](c2ccc(OCCN3CCCC3)cc2)[C@@H]1c1ccccc1. The normalized spacial score (nSPS) is 20.8. The molecule has 0 spiro atoms. The molecule has 0 radical (unpaired) electrons. The van der Waals surface area contributed by atoms with Gasteiger partial charge in [0.2, 0.25) is 0 Å². The fourth-order valence-electron chi connectivity index (χ4n) is 4.58. The zero-order valence-corrected chi connectivity index (χ0v) is 17.6. The van der Waals surface area contributed by atoms with Gasteiger partial charge in [0.15, 0.2) is 5.78 Å². The van der Waals surface area contributed by atoms with Crippen LogP contribution in [0.2, 0.25) is 0 Å².